The maximum absolute atomic E-state index is 9.45. The SMILES string of the molecule is CC(O)C(=O)O.CC(O)C(=O)O.CC(O)C(=O)[O-].[NH4+].[Zr]. The molecule has 0 aliphatic carbocycles. The molecule has 0 radical (unpaired) electrons. The Kier molecular flexibility index (Phi) is 28.6. The molecule has 0 aromatic heterocycles. The van der Waals surface area contributed by atoms with Crippen LogP contribution in [-0.4, -0.2) is 61.8 Å². The van der Waals surface area contributed by atoms with Crippen LogP contribution in [0, 0.1) is 0 Å². The van der Waals surface area contributed by atoms with Crippen LogP contribution in [0.1, 0.15) is 20.8 Å². The summed E-state index contributed by atoms with van der Waals surface area (Å²) in [6.07, 6.45) is -3.81. The fourth-order valence-corrected chi connectivity index (χ4v) is 0. The molecule has 0 bridgehead atoms. The Morgan fingerprint density at radius 2 is 0.900 bits per heavy atom. The minimum atomic E-state index is -1.44. The summed E-state index contributed by atoms with van der Waals surface area (Å²) < 4.78 is 0. The number of quaternary nitrogens is 1. The van der Waals surface area contributed by atoms with Gasteiger partial charge >= 0.3 is 11.9 Å². The number of carboxylic acid groups (broad SMARTS) is 3. The van der Waals surface area contributed by atoms with E-state index in [1.54, 1.807) is 0 Å². The average Bonchev–Trinajstić information content (AvgIpc) is 2.18. The van der Waals surface area contributed by atoms with E-state index < -0.39 is 36.2 Å². The first-order valence-electron chi connectivity index (χ1n) is 4.64. The van der Waals surface area contributed by atoms with E-state index in [2.05, 4.69) is 0 Å². The Morgan fingerprint density at radius 3 is 0.900 bits per heavy atom. The summed E-state index contributed by atoms with van der Waals surface area (Å²) in [5.74, 6) is -3.81. The molecule has 0 fully saturated rings. The topological polar surface area (TPSA) is 212 Å². The molecular formula is C9H21NO9Zr. The Bertz CT molecular complexity index is 225. The third-order valence-corrected chi connectivity index (χ3v) is 1.06. The number of carbonyl (C=O) groups excluding carboxylic acids is 1. The van der Waals surface area contributed by atoms with E-state index in [0.29, 0.717) is 0 Å². The molecule has 0 aromatic carbocycles. The number of hydrogen-bond donors (Lipinski definition) is 6. The molecule has 20 heavy (non-hydrogen) atoms. The van der Waals surface area contributed by atoms with Crippen LogP contribution < -0.4 is 11.3 Å². The molecule has 11 heteroatoms. The van der Waals surface area contributed by atoms with Gasteiger partial charge in [0.1, 0.15) is 12.2 Å². The Balaban J connectivity index is -0.0000000536. The van der Waals surface area contributed by atoms with Crippen LogP contribution in [0.3, 0.4) is 0 Å². The van der Waals surface area contributed by atoms with Crippen molar-refractivity contribution in [2.24, 2.45) is 0 Å². The van der Waals surface area contributed by atoms with Gasteiger partial charge in [0.25, 0.3) is 0 Å². The standard InChI is InChI=1S/3C3H6O3.H3N.Zr/c3*1-2(4)3(5)6;;/h3*2,4H,1H3,(H,5,6);1H3;. The van der Waals surface area contributed by atoms with Crippen molar-refractivity contribution in [2.75, 3.05) is 0 Å². The quantitative estimate of drug-likeness (QED) is 0.303. The molecule has 9 N–H and O–H groups in total. The van der Waals surface area contributed by atoms with Gasteiger partial charge in [0, 0.05) is 26.2 Å². The maximum atomic E-state index is 9.45. The normalized spacial score (nSPS) is 12.3. The zero-order valence-electron chi connectivity index (χ0n) is 11.6. The molecule has 3 unspecified atom stereocenters. The second-order valence-corrected chi connectivity index (χ2v) is 3.02. The molecule has 0 spiro atoms. The van der Waals surface area contributed by atoms with Gasteiger partial charge < -0.3 is 41.6 Å². The number of carboxylic acids is 3. The van der Waals surface area contributed by atoms with Crippen LogP contribution in [0.4, 0.5) is 0 Å². The van der Waals surface area contributed by atoms with E-state index in [0.717, 1.165) is 6.92 Å². The van der Waals surface area contributed by atoms with Crippen molar-refractivity contribution >= 4 is 17.9 Å². The largest absolute Gasteiger partial charge is 0.547 e. The minimum absolute atomic E-state index is 0. The molecule has 0 aliphatic heterocycles. The van der Waals surface area contributed by atoms with Gasteiger partial charge in [0.2, 0.25) is 0 Å². The number of aliphatic hydroxyl groups excluding tert-OH is 3. The number of aliphatic hydroxyl groups is 3. The average molecular weight is 378 g/mol. The molecule has 0 rings (SSSR count). The van der Waals surface area contributed by atoms with Gasteiger partial charge in [0.15, 0.2) is 0 Å². The molecular weight excluding hydrogens is 357 g/mol. The van der Waals surface area contributed by atoms with E-state index >= 15 is 0 Å². The van der Waals surface area contributed by atoms with E-state index in [9.17, 15) is 19.5 Å². The summed E-state index contributed by atoms with van der Waals surface area (Å²) in [7, 11) is 0. The molecule has 0 aromatic rings. The molecule has 0 heterocycles. The third-order valence-electron chi connectivity index (χ3n) is 1.06. The predicted molar refractivity (Wildman–Crippen MR) is 61.3 cm³/mol. The zero-order chi connectivity index (χ0) is 15.5. The molecule has 0 amide bonds. The predicted octanol–water partition coefficient (Wildman–Crippen LogP) is -2.61. The Morgan fingerprint density at radius 1 is 0.800 bits per heavy atom. The van der Waals surface area contributed by atoms with Crippen LogP contribution in [0.5, 0.6) is 0 Å². The fraction of sp³-hybridized carbons (Fsp3) is 0.667. The van der Waals surface area contributed by atoms with E-state index in [-0.39, 0.29) is 32.4 Å². The number of rotatable bonds is 3. The van der Waals surface area contributed by atoms with Gasteiger partial charge in [-0.05, 0) is 20.8 Å². The molecule has 0 saturated carbocycles. The molecule has 120 valence electrons. The monoisotopic (exact) mass is 377 g/mol. The van der Waals surface area contributed by atoms with E-state index in [4.69, 9.17) is 25.5 Å². The first-order chi connectivity index (χ1) is 7.93. The summed E-state index contributed by atoms with van der Waals surface area (Å²) in [5.41, 5.74) is 0. The summed E-state index contributed by atoms with van der Waals surface area (Å²) in [4.78, 5) is 28.2. The van der Waals surface area contributed by atoms with Crippen molar-refractivity contribution in [3.63, 3.8) is 0 Å². The molecule has 10 nitrogen and oxygen atoms in total. The molecule has 0 aliphatic rings. The number of carbonyl (C=O) groups is 3. The van der Waals surface area contributed by atoms with Crippen molar-refractivity contribution in [1.82, 2.24) is 6.15 Å². The first-order valence-corrected chi connectivity index (χ1v) is 4.64. The minimum Gasteiger partial charge on any atom is -0.547 e. The van der Waals surface area contributed by atoms with Gasteiger partial charge in [-0.1, -0.05) is 0 Å². The summed E-state index contributed by atoms with van der Waals surface area (Å²) in [6, 6.07) is 0. The summed E-state index contributed by atoms with van der Waals surface area (Å²) in [5, 5.41) is 48.8. The van der Waals surface area contributed by atoms with Gasteiger partial charge in [-0.15, -0.1) is 0 Å². The van der Waals surface area contributed by atoms with Gasteiger partial charge in [-0.2, -0.15) is 0 Å². The van der Waals surface area contributed by atoms with E-state index in [1.165, 1.54) is 13.8 Å². The summed E-state index contributed by atoms with van der Waals surface area (Å²) in [6.45, 7) is 3.53. The maximum Gasteiger partial charge on any atom is 0.332 e. The number of hydrogen-bond acceptors (Lipinski definition) is 7. The second-order valence-electron chi connectivity index (χ2n) is 3.02. The smallest absolute Gasteiger partial charge is 0.332 e. The van der Waals surface area contributed by atoms with Crippen molar-refractivity contribution in [1.29, 1.82) is 0 Å². The second kappa shape index (κ2) is 18.1. The van der Waals surface area contributed by atoms with E-state index in [1.807, 2.05) is 0 Å². The third kappa shape index (κ3) is 36.0. The van der Waals surface area contributed by atoms with Gasteiger partial charge in [0.05, 0.1) is 12.1 Å². The van der Waals surface area contributed by atoms with Crippen molar-refractivity contribution < 1.29 is 71.2 Å². The zero-order valence-corrected chi connectivity index (χ0v) is 14.1. The van der Waals surface area contributed by atoms with Crippen molar-refractivity contribution in [3.05, 3.63) is 0 Å². The van der Waals surface area contributed by atoms with Crippen LogP contribution >= 0.6 is 0 Å². The van der Waals surface area contributed by atoms with Crippen LogP contribution in [0.2, 0.25) is 0 Å². The summed E-state index contributed by atoms with van der Waals surface area (Å²) >= 11 is 0. The Hall–Kier alpha value is -0.867. The van der Waals surface area contributed by atoms with Crippen molar-refractivity contribution in [2.45, 2.75) is 39.1 Å². The van der Waals surface area contributed by atoms with Crippen LogP contribution in [0.25, 0.3) is 0 Å². The molecule has 3 atom stereocenters. The molecule has 0 saturated heterocycles. The first kappa shape index (κ1) is 31.5. The fourth-order valence-electron chi connectivity index (χ4n) is 0. The van der Waals surface area contributed by atoms with Gasteiger partial charge in [-0.25, -0.2) is 9.59 Å². The van der Waals surface area contributed by atoms with Crippen molar-refractivity contribution in [3.8, 4) is 0 Å². The van der Waals surface area contributed by atoms with Gasteiger partial charge in [-0.3, -0.25) is 0 Å². The number of aliphatic carboxylic acids is 3. The van der Waals surface area contributed by atoms with Crippen LogP contribution in [0.15, 0.2) is 0 Å². The van der Waals surface area contributed by atoms with Crippen LogP contribution in [-0.2, 0) is 40.6 Å². The Labute approximate surface area is 134 Å².